The minimum Gasteiger partial charge on any atom is -0.481 e. The molecule has 2 aromatic rings. The lowest BCUT2D eigenvalue weighted by Crippen LogP contribution is -2.24. The smallest absolute Gasteiger partial charge is 0.344 e. The number of benzene rings is 2. The van der Waals surface area contributed by atoms with Gasteiger partial charge in [-0.3, -0.25) is 4.79 Å². The summed E-state index contributed by atoms with van der Waals surface area (Å²) in [6.45, 7) is 7.06. The van der Waals surface area contributed by atoms with Crippen molar-refractivity contribution in [3.05, 3.63) is 58.7 Å². The summed E-state index contributed by atoms with van der Waals surface area (Å²) in [4.78, 5) is 23.8. The Hall–Kier alpha value is -2.82. The van der Waals surface area contributed by atoms with Crippen molar-refractivity contribution in [3.8, 4) is 5.75 Å². The Morgan fingerprint density at radius 1 is 0.840 bits per heavy atom. The van der Waals surface area contributed by atoms with Crippen molar-refractivity contribution >= 4 is 17.6 Å². The van der Waals surface area contributed by atoms with Crippen LogP contribution in [0, 0.1) is 27.7 Å². The van der Waals surface area contributed by atoms with E-state index in [4.69, 9.17) is 9.47 Å². The summed E-state index contributed by atoms with van der Waals surface area (Å²) in [5.74, 6) is -0.295. The highest BCUT2D eigenvalue weighted by Gasteiger charge is 2.12. The molecule has 0 spiro atoms. The van der Waals surface area contributed by atoms with Crippen LogP contribution in [-0.2, 0) is 14.3 Å². The van der Waals surface area contributed by atoms with E-state index in [9.17, 15) is 9.59 Å². The molecule has 0 bridgehead atoms. The molecule has 5 heteroatoms. The third-order valence-electron chi connectivity index (χ3n) is 3.85. The fraction of sp³-hybridized carbons (Fsp3) is 0.300. The van der Waals surface area contributed by atoms with Gasteiger partial charge in [0.1, 0.15) is 5.75 Å². The van der Waals surface area contributed by atoms with E-state index in [1.165, 1.54) is 0 Å². The maximum absolute atomic E-state index is 12.0. The Balaban J connectivity index is 1.83. The van der Waals surface area contributed by atoms with Gasteiger partial charge in [0.15, 0.2) is 13.2 Å². The summed E-state index contributed by atoms with van der Waals surface area (Å²) in [5, 5.41) is 2.77. The molecule has 0 heterocycles. The molecule has 2 aromatic carbocycles. The topological polar surface area (TPSA) is 64.6 Å². The molecule has 0 aliphatic carbocycles. The first-order valence-electron chi connectivity index (χ1n) is 8.09. The average Bonchev–Trinajstić information content (AvgIpc) is 2.56. The van der Waals surface area contributed by atoms with Gasteiger partial charge in [-0.05, 0) is 49.9 Å². The number of nitrogens with one attached hydrogen (secondary N) is 1. The molecule has 0 aromatic heterocycles. The maximum atomic E-state index is 12.0. The van der Waals surface area contributed by atoms with E-state index >= 15 is 0 Å². The highest BCUT2D eigenvalue weighted by atomic mass is 16.6. The van der Waals surface area contributed by atoms with E-state index in [1.807, 2.05) is 64.1 Å². The van der Waals surface area contributed by atoms with Crippen LogP contribution in [-0.4, -0.2) is 25.1 Å². The molecule has 0 aliphatic rings. The zero-order chi connectivity index (χ0) is 18.4. The van der Waals surface area contributed by atoms with Crippen molar-refractivity contribution < 1.29 is 19.1 Å². The first-order chi connectivity index (χ1) is 11.9. The molecule has 1 N–H and O–H groups in total. The van der Waals surface area contributed by atoms with Crippen molar-refractivity contribution in [2.24, 2.45) is 0 Å². The first kappa shape index (κ1) is 18.5. The summed E-state index contributed by atoms with van der Waals surface area (Å²) in [7, 11) is 0. The van der Waals surface area contributed by atoms with Crippen LogP contribution in [0.4, 0.5) is 5.69 Å². The Labute approximate surface area is 148 Å². The van der Waals surface area contributed by atoms with Crippen LogP contribution < -0.4 is 10.1 Å². The van der Waals surface area contributed by atoms with E-state index in [1.54, 1.807) is 0 Å². The monoisotopic (exact) mass is 341 g/mol. The minimum absolute atomic E-state index is 0.234. The van der Waals surface area contributed by atoms with Gasteiger partial charge in [0.2, 0.25) is 0 Å². The van der Waals surface area contributed by atoms with Gasteiger partial charge in [0, 0.05) is 5.69 Å². The summed E-state index contributed by atoms with van der Waals surface area (Å²) in [6, 6.07) is 11.5. The zero-order valence-corrected chi connectivity index (χ0v) is 15.0. The standard InChI is InChI=1S/C20H23NO4/c1-13-7-5-8-14(2)19(13)21-17(22)11-24-18(23)12-25-20-15(3)9-6-10-16(20)4/h5-10H,11-12H2,1-4H3,(H,21,22). The first-order valence-corrected chi connectivity index (χ1v) is 8.09. The molecule has 0 aliphatic heterocycles. The lowest BCUT2D eigenvalue weighted by Gasteiger charge is -2.13. The number of carbonyl (C=O) groups excluding carboxylic acids is 2. The quantitative estimate of drug-likeness (QED) is 0.817. The van der Waals surface area contributed by atoms with Gasteiger partial charge in [0.25, 0.3) is 5.91 Å². The number of hydrogen-bond acceptors (Lipinski definition) is 4. The Morgan fingerprint density at radius 3 is 1.92 bits per heavy atom. The van der Waals surface area contributed by atoms with Gasteiger partial charge < -0.3 is 14.8 Å². The van der Waals surface area contributed by atoms with E-state index in [2.05, 4.69) is 5.32 Å². The fourth-order valence-electron chi connectivity index (χ4n) is 2.53. The minimum atomic E-state index is -0.584. The van der Waals surface area contributed by atoms with Crippen LogP contribution >= 0.6 is 0 Å². The number of carbonyl (C=O) groups is 2. The number of ether oxygens (including phenoxy) is 2. The Bertz CT molecular complexity index is 743. The van der Waals surface area contributed by atoms with Crippen LogP contribution in [0.25, 0.3) is 0 Å². The molecule has 0 atom stereocenters. The second-order valence-electron chi connectivity index (χ2n) is 5.99. The number of aryl methyl sites for hydroxylation is 4. The molecule has 132 valence electrons. The van der Waals surface area contributed by atoms with Gasteiger partial charge in [0.05, 0.1) is 0 Å². The Kier molecular flexibility index (Phi) is 6.17. The van der Waals surface area contributed by atoms with Crippen molar-refractivity contribution in [1.82, 2.24) is 0 Å². The van der Waals surface area contributed by atoms with Gasteiger partial charge >= 0.3 is 5.97 Å². The lowest BCUT2D eigenvalue weighted by atomic mass is 10.1. The number of rotatable bonds is 6. The van der Waals surface area contributed by atoms with Crippen LogP contribution in [0.5, 0.6) is 5.75 Å². The predicted octanol–water partition coefficient (Wildman–Crippen LogP) is 3.48. The number of amides is 1. The van der Waals surface area contributed by atoms with Crippen LogP contribution in [0.15, 0.2) is 36.4 Å². The van der Waals surface area contributed by atoms with E-state index in [0.29, 0.717) is 5.75 Å². The molecule has 0 unspecified atom stereocenters. The van der Waals surface area contributed by atoms with Crippen LogP contribution in [0.3, 0.4) is 0 Å². The summed E-state index contributed by atoms with van der Waals surface area (Å²) in [5.41, 5.74) is 4.55. The summed E-state index contributed by atoms with van der Waals surface area (Å²) < 4.78 is 10.5. The molecule has 25 heavy (non-hydrogen) atoms. The normalized spacial score (nSPS) is 10.2. The molecule has 0 saturated carbocycles. The molecule has 1 amide bonds. The summed E-state index contributed by atoms with van der Waals surface area (Å²) >= 11 is 0. The van der Waals surface area contributed by atoms with Gasteiger partial charge in [-0.1, -0.05) is 36.4 Å². The molecule has 5 nitrogen and oxygen atoms in total. The highest BCUT2D eigenvalue weighted by Crippen LogP contribution is 2.22. The third-order valence-corrected chi connectivity index (χ3v) is 3.85. The van der Waals surface area contributed by atoms with Crippen molar-refractivity contribution in [2.75, 3.05) is 18.5 Å². The highest BCUT2D eigenvalue weighted by molar-refractivity contribution is 5.94. The molecular weight excluding hydrogens is 318 g/mol. The van der Waals surface area contributed by atoms with Gasteiger partial charge in [-0.25, -0.2) is 4.79 Å². The SMILES string of the molecule is Cc1cccc(C)c1NC(=O)COC(=O)COc1c(C)cccc1C. The second kappa shape index (κ2) is 8.33. The van der Waals surface area contributed by atoms with Crippen molar-refractivity contribution in [2.45, 2.75) is 27.7 Å². The molecule has 0 fully saturated rings. The molecular formula is C20H23NO4. The van der Waals surface area contributed by atoms with Crippen LogP contribution in [0.2, 0.25) is 0 Å². The second-order valence-corrected chi connectivity index (χ2v) is 5.99. The van der Waals surface area contributed by atoms with E-state index in [-0.39, 0.29) is 19.1 Å². The van der Waals surface area contributed by atoms with E-state index in [0.717, 1.165) is 27.9 Å². The van der Waals surface area contributed by atoms with Gasteiger partial charge in [-0.2, -0.15) is 0 Å². The van der Waals surface area contributed by atoms with Crippen LogP contribution in [0.1, 0.15) is 22.3 Å². The van der Waals surface area contributed by atoms with Gasteiger partial charge in [-0.15, -0.1) is 0 Å². The predicted molar refractivity (Wildman–Crippen MR) is 96.9 cm³/mol. The van der Waals surface area contributed by atoms with Crippen molar-refractivity contribution in [3.63, 3.8) is 0 Å². The number of hydrogen-bond donors (Lipinski definition) is 1. The zero-order valence-electron chi connectivity index (χ0n) is 15.0. The Morgan fingerprint density at radius 2 is 1.36 bits per heavy atom. The van der Waals surface area contributed by atoms with Crippen molar-refractivity contribution in [1.29, 1.82) is 0 Å². The average molecular weight is 341 g/mol. The maximum Gasteiger partial charge on any atom is 0.344 e. The fourth-order valence-corrected chi connectivity index (χ4v) is 2.53. The largest absolute Gasteiger partial charge is 0.481 e. The lowest BCUT2D eigenvalue weighted by molar-refractivity contribution is -0.149. The third kappa shape index (κ3) is 5.08. The number of anilines is 1. The number of esters is 1. The number of para-hydroxylation sites is 2. The van der Waals surface area contributed by atoms with E-state index < -0.39 is 5.97 Å². The molecule has 0 saturated heterocycles. The molecule has 2 rings (SSSR count). The summed E-state index contributed by atoms with van der Waals surface area (Å²) in [6.07, 6.45) is 0. The molecule has 0 radical (unpaired) electrons.